The van der Waals surface area contributed by atoms with Gasteiger partial charge in [-0.1, -0.05) is 11.6 Å². The summed E-state index contributed by atoms with van der Waals surface area (Å²) in [5, 5.41) is 0.448. The molecule has 0 saturated carbocycles. The van der Waals surface area contributed by atoms with Gasteiger partial charge in [-0.2, -0.15) is 4.31 Å². The summed E-state index contributed by atoms with van der Waals surface area (Å²) in [6.45, 7) is 1.11. The van der Waals surface area contributed by atoms with Crippen LogP contribution in [0.25, 0.3) is 0 Å². The molecule has 0 saturated heterocycles. The van der Waals surface area contributed by atoms with Gasteiger partial charge >= 0.3 is 0 Å². The number of hydrogen-bond acceptors (Lipinski definition) is 4. The Bertz CT molecular complexity index is 543. The number of hydrogen-bond donors (Lipinski definition) is 0. The highest BCUT2D eigenvalue weighted by atomic mass is 35.5. The van der Waals surface area contributed by atoms with Gasteiger partial charge < -0.3 is 9.47 Å². The SMILES string of the molecule is COCCN(CCOC)S(=O)(=O)c1ccc(Cl)c(CCl)c1. The summed E-state index contributed by atoms with van der Waals surface area (Å²) in [6, 6.07) is 4.51. The molecule has 8 heteroatoms. The van der Waals surface area contributed by atoms with E-state index in [0.29, 0.717) is 23.8 Å². The van der Waals surface area contributed by atoms with Crippen molar-refractivity contribution < 1.29 is 17.9 Å². The summed E-state index contributed by atoms with van der Waals surface area (Å²) in [5.41, 5.74) is 0.581. The molecule has 0 N–H and O–H groups in total. The van der Waals surface area contributed by atoms with E-state index in [1.54, 1.807) is 0 Å². The molecular formula is C13H19Cl2NO4S. The minimum absolute atomic E-state index is 0.151. The Morgan fingerprint density at radius 2 is 1.71 bits per heavy atom. The van der Waals surface area contributed by atoms with Crippen LogP contribution >= 0.6 is 23.2 Å². The van der Waals surface area contributed by atoms with Crippen molar-refractivity contribution in [3.05, 3.63) is 28.8 Å². The molecule has 5 nitrogen and oxygen atoms in total. The van der Waals surface area contributed by atoms with Crippen LogP contribution in [0.1, 0.15) is 5.56 Å². The van der Waals surface area contributed by atoms with Crippen molar-refractivity contribution in [1.29, 1.82) is 0 Å². The van der Waals surface area contributed by atoms with Gasteiger partial charge in [0.2, 0.25) is 10.0 Å². The van der Waals surface area contributed by atoms with Crippen LogP contribution < -0.4 is 0 Å². The maximum atomic E-state index is 12.7. The second-order valence-electron chi connectivity index (χ2n) is 4.28. The maximum Gasteiger partial charge on any atom is 0.243 e. The van der Waals surface area contributed by atoms with Crippen molar-refractivity contribution in [1.82, 2.24) is 4.31 Å². The highest BCUT2D eigenvalue weighted by Crippen LogP contribution is 2.24. The van der Waals surface area contributed by atoms with Gasteiger partial charge in [-0.25, -0.2) is 8.42 Å². The smallest absolute Gasteiger partial charge is 0.243 e. The van der Waals surface area contributed by atoms with Gasteiger partial charge in [0.25, 0.3) is 0 Å². The van der Waals surface area contributed by atoms with Crippen LogP contribution in [-0.4, -0.2) is 53.2 Å². The maximum absolute atomic E-state index is 12.7. The number of sulfonamides is 1. The Morgan fingerprint density at radius 3 is 2.19 bits per heavy atom. The molecule has 1 rings (SSSR count). The molecule has 0 atom stereocenters. The number of benzene rings is 1. The van der Waals surface area contributed by atoms with Gasteiger partial charge in [0.1, 0.15) is 0 Å². The highest BCUT2D eigenvalue weighted by Gasteiger charge is 2.24. The zero-order chi connectivity index (χ0) is 15.9. The quantitative estimate of drug-likeness (QED) is 0.638. The standard InChI is InChI=1S/C13H19Cl2NO4S/c1-19-7-5-16(6-8-20-2)21(17,18)12-3-4-13(15)11(9-12)10-14/h3-4,9H,5-8,10H2,1-2H3. The van der Waals surface area contributed by atoms with E-state index in [1.165, 1.54) is 36.7 Å². The van der Waals surface area contributed by atoms with Crippen LogP contribution in [0.5, 0.6) is 0 Å². The Hall–Kier alpha value is -0.370. The number of halogens is 2. The molecule has 120 valence electrons. The van der Waals surface area contributed by atoms with Crippen LogP contribution in [0.15, 0.2) is 23.1 Å². The molecule has 0 aromatic heterocycles. The summed E-state index contributed by atoms with van der Waals surface area (Å²) in [5.74, 6) is 0.151. The average Bonchev–Trinajstić information content (AvgIpc) is 2.47. The van der Waals surface area contributed by atoms with Crippen LogP contribution in [-0.2, 0) is 25.4 Å². The Kier molecular flexibility index (Phi) is 7.94. The van der Waals surface area contributed by atoms with Gasteiger partial charge in [-0.15, -0.1) is 11.6 Å². The number of alkyl halides is 1. The molecule has 21 heavy (non-hydrogen) atoms. The minimum atomic E-state index is -3.64. The molecule has 0 aliphatic carbocycles. The fourth-order valence-electron chi connectivity index (χ4n) is 1.70. The molecule has 0 aliphatic rings. The van der Waals surface area contributed by atoms with E-state index in [-0.39, 0.29) is 23.9 Å². The predicted molar refractivity (Wildman–Crippen MR) is 83.5 cm³/mol. The van der Waals surface area contributed by atoms with Crippen molar-refractivity contribution in [2.75, 3.05) is 40.5 Å². The largest absolute Gasteiger partial charge is 0.383 e. The molecular weight excluding hydrogens is 337 g/mol. The monoisotopic (exact) mass is 355 g/mol. The zero-order valence-electron chi connectivity index (χ0n) is 12.0. The van der Waals surface area contributed by atoms with Crippen molar-refractivity contribution in [2.24, 2.45) is 0 Å². The first-order valence-electron chi connectivity index (χ1n) is 6.29. The summed E-state index contributed by atoms with van der Waals surface area (Å²) in [7, 11) is -0.593. The van der Waals surface area contributed by atoms with Gasteiger partial charge in [0, 0.05) is 38.2 Å². The van der Waals surface area contributed by atoms with E-state index in [0.717, 1.165) is 0 Å². The lowest BCUT2D eigenvalue weighted by Crippen LogP contribution is -2.36. The number of ether oxygens (including phenoxy) is 2. The highest BCUT2D eigenvalue weighted by molar-refractivity contribution is 7.89. The molecule has 0 bridgehead atoms. The fourth-order valence-corrected chi connectivity index (χ4v) is 3.63. The first-order valence-corrected chi connectivity index (χ1v) is 8.65. The van der Waals surface area contributed by atoms with Crippen molar-refractivity contribution >= 4 is 33.2 Å². The average molecular weight is 356 g/mol. The second-order valence-corrected chi connectivity index (χ2v) is 6.89. The second kappa shape index (κ2) is 8.92. The first-order chi connectivity index (χ1) is 9.97. The molecule has 0 amide bonds. The van der Waals surface area contributed by atoms with E-state index >= 15 is 0 Å². The third-order valence-corrected chi connectivity index (χ3v) is 5.44. The number of rotatable bonds is 9. The lowest BCUT2D eigenvalue weighted by molar-refractivity contribution is 0.150. The first kappa shape index (κ1) is 18.7. The molecule has 1 aromatic rings. The predicted octanol–water partition coefficient (Wildman–Crippen LogP) is 2.36. The van der Waals surface area contributed by atoms with E-state index in [1.807, 2.05) is 0 Å². The third kappa shape index (κ3) is 5.09. The van der Waals surface area contributed by atoms with Gasteiger partial charge in [-0.05, 0) is 23.8 Å². The normalized spacial score (nSPS) is 12.0. The third-order valence-electron chi connectivity index (χ3n) is 2.89. The van der Waals surface area contributed by atoms with Crippen LogP contribution in [0.2, 0.25) is 5.02 Å². The molecule has 0 aliphatic heterocycles. The molecule has 0 unspecified atom stereocenters. The molecule has 0 fully saturated rings. The van der Waals surface area contributed by atoms with Crippen LogP contribution in [0, 0.1) is 0 Å². The zero-order valence-corrected chi connectivity index (χ0v) is 14.3. The van der Waals surface area contributed by atoms with Crippen LogP contribution in [0.4, 0.5) is 0 Å². The van der Waals surface area contributed by atoms with E-state index in [4.69, 9.17) is 32.7 Å². The summed E-state index contributed by atoms with van der Waals surface area (Å²) in [6.07, 6.45) is 0. The van der Waals surface area contributed by atoms with E-state index < -0.39 is 10.0 Å². The minimum Gasteiger partial charge on any atom is -0.383 e. The Labute approximate surface area is 135 Å². The van der Waals surface area contributed by atoms with Crippen molar-refractivity contribution in [3.8, 4) is 0 Å². The summed E-state index contributed by atoms with van der Waals surface area (Å²) >= 11 is 11.7. The van der Waals surface area contributed by atoms with E-state index in [2.05, 4.69) is 0 Å². The Balaban J connectivity index is 3.08. The number of nitrogens with zero attached hydrogens (tertiary/aromatic N) is 1. The Morgan fingerprint density at radius 1 is 1.14 bits per heavy atom. The van der Waals surface area contributed by atoms with Crippen LogP contribution in [0.3, 0.4) is 0 Å². The molecule has 0 spiro atoms. The molecule has 1 aromatic carbocycles. The number of methoxy groups -OCH3 is 2. The summed E-state index contributed by atoms with van der Waals surface area (Å²) in [4.78, 5) is 0.162. The summed E-state index contributed by atoms with van der Waals surface area (Å²) < 4.78 is 36.5. The molecule has 0 heterocycles. The molecule has 0 radical (unpaired) electrons. The lowest BCUT2D eigenvalue weighted by atomic mass is 10.2. The lowest BCUT2D eigenvalue weighted by Gasteiger charge is -2.22. The van der Waals surface area contributed by atoms with Gasteiger partial charge in [0.05, 0.1) is 18.1 Å². The van der Waals surface area contributed by atoms with Crippen molar-refractivity contribution in [3.63, 3.8) is 0 Å². The fraction of sp³-hybridized carbons (Fsp3) is 0.538. The van der Waals surface area contributed by atoms with Crippen molar-refractivity contribution in [2.45, 2.75) is 10.8 Å². The van der Waals surface area contributed by atoms with Gasteiger partial charge in [-0.3, -0.25) is 0 Å². The topological polar surface area (TPSA) is 55.8 Å². The van der Waals surface area contributed by atoms with E-state index in [9.17, 15) is 8.42 Å². The van der Waals surface area contributed by atoms with Gasteiger partial charge in [0.15, 0.2) is 0 Å².